The molecule has 0 heterocycles. The SMILES string of the molecule is CCCCCOC(=O)CCCCC(=O)OCCCCCCCCCl. The van der Waals surface area contributed by atoms with E-state index in [4.69, 9.17) is 21.1 Å². The zero-order valence-electron chi connectivity index (χ0n) is 15.3. The Morgan fingerprint density at radius 3 is 1.62 bits per heavy atom. The molecule has 0 saturated heterocycles. The third-order valence-electron chi connectivity index (χ3n) is 3.81. The summed E-state index contributed by atoms with van der Waals surface area (Å²) in [4.78, 5) is 23.0. The van der Waals surface area contributed by atoms with Gasteiger partial charge in [0.05, 0.1) is 13.2 Å². The zero-order valence-corrected chi connectivity index (χ0v) is 16.1. The number of unbranched alkanes of at least 4 members (excludes halogenated alkanes) is 8. The summed E-state index contributed by atoms with van der Waals surface area (Å²) in [5.41, 5.74) is 0. The van der Waals surface area contributed by atoms with Crippen molar-refractivity contribution in [2.75, 3.05) is 19.1 Å². The molecule has 0 atom stereocenters. The molecule has 0 fully saturated rings. The van der Waals surface area contributed by atoms with Gasteiger partial charge in [-0.1, -0.05) is 45.4 Å². The Bertz CT molecular complexity index is 308. The second-order valence-electron chi connectivity index (χ2n) is 6.17. The second-order valence-corrected chi connectivity index (χ2v) is 6.54. The predicted octanol–water partition coefficient (Wildman–Crippen LogP) is 5.40. The maximum Gasteiger partial charge on any atom is 0.305 e. The topological polar surface area (TPSA) is 52.6 Å². The van der Waals surface area contributed by atoms with E-state index in [2.05, 4.69) is 6.92 Å². The van der Waals surface area contributed by atoms with Gasteiger partial charge < -0.3 is 9.47 Å². The summed E-state index contributed by atoms with van der Waals surface area (Å²) in [5, 5.41) is 0. The van der Waals surface area contributed by atoms with E-state index in [9.17, 15) is 9.59 Å². The van der Waals surface area contributed by atoms with Crippen LogP contribution in [0.1, 0.15) is 90.4 Å². The number of esters is 2. The summed E-state index contributed by atoms with van der Waals surface area (Å²) < 4.78 is 10.3. The van der Waals surface area contributed by atoms with Crippen LogP contribution in [-0.2, 0) is 19.1 Å². The molecule has 0 aliphatic heterocycles. The van der Waals surface area contributed by atoms with E-state index in [1.807, 2.05) is 0 Å². The fraction of sp³-hybridized carbons (Fsp3) is 0.895. The largest absolute Gasteiger partial charge is 0.466 e. The molecule has 0 aliphatic carbocycles. The third kappa shape index (κ3) is 17.6. The number of carbonyl (C=O) groups excluding carboxylic acids is 2. The van der Waals surface area contributed by atoms with E-state index < -0.39 is 0 Å². The summed E-state index contributed by atoms with van der Waals surface area (Å²) >= 11 is 5.62. The van der Waals surface area contributed by atoms with Gasteiger partial charge in [-0.25, -0.2) is 0 Å². The molecule has 0 saturated carbocycles. The molecule has 4 nitrogen and oxygen atoms in total. The maximum atomic E-state index is 11.6. The van der Waals surface area contributed by atoms with Crippen molar-refractivity contribution in [3.63, 3.8) is 0 Å². The van der Waals surface area contributed by atoms with Crippen LogP contribution in [0.4, 0.5) is 0 Å². The minimum absolute atomic E-state index is 0.159. The number of halogens is 1. The van der Waals surface area contributed by atoms with Crippen LogP contribution in [0.5, 0.6) is 0 Å². The number of carbonyl (C=O) groups is 2. The molecule has 0 radical (unpaired) electrons. The summed E-state index contributed by atoms with van der Waals surface area (Å²) in [6.07, 6.45) is 12.0. The molecular formula is C19H35ClO4. The summed E-state index contributed by atoms with van der Waals surface area (Å²) in [7, 11) is 0. The fourth-order valence-electron chi connectivity index (χ4n) is 2.31. The van der Waals surface area contributed by atoms with E-state index in [1.165, 1.54) is 19.3 Å². The van der Waals surface area contributed by atoms with Crippen LogP contribution < -0.4 is 0 Å². The van der Waals surface area contributed by atoms with E-state index in [1.54, 1.807) is 0 Å². The highest BCUT2D eigenvalue weighted by Gasteiger charge is 2.06. The van der Waals surface area contributed by atoms with Gasteiger partial charge in [-0.2, -0.15) is 0 Å². The molecule has 0 unspecified atom stereocenters. The highest BCUT2D eigenvalue weighted by atomic mass is 35.5. The normalized spacial score (nSPS) is 10.6. The van der Waals surface area contributed by atoms with Crippen LogP contribution in [0.2, 0.25) is 0 Å². The monoisotopic (exact) mass is 362 g/mol. The van der Waals surface area contributed by atoms with Gasteiger partial charge in [0.2, 0.25) is 0 Å². The van der Waals surface area contributed by atoms with Crippen LogP contribution in [-0.4, -0.2) is 31.0 Å². The Hall–Kier alpha value is -0.770. The first-order valence-electron chi connectivity index (χ1n) is 9.58. The first kappa shape index (κ1) is 23.2. The van der Waals surface area contributed by atoms with E-state index >= 15 is 0 Å². The van der Waals surface area contributed by atoms with Gasteiger partial charge >= 0.3 is 11.9 Å². The minimum atomic E-state index is -0.159. The van der Waals surface area contributed by atoms with Crippen molar-refractivity contribution in [2.24, 2.45) is 0 Å². The van der Waals surface area contributed by atoms with Gasteiger partial charge in [-0.3, -0.25) is 9.59 Å². The first-order chi connectivity index (χ1) is 11.7. The van der Waals surface area contributed by atoms with E-state index in [0.29, 0.717) is 38.9 Å². The summed E-state index contributed by atoms with van der Waals surface area (Å²) in [5.74, 6) is 0.427. The van der Waals surface area contributed by atoms with Crippen molar-refractivity contribution in [1.29, 1.82) is 0 Å². The minimum Gasteiger partial charge on any atom is -0.466 e. The van der Waals surface area contributed by atoms with Crippen LogP contribution in [0.25, 0.3) is 0 Å². The van der Waals surface area contributed by atoms with Crippen molar-refractivity contribution in [1.82, 2.24) is 0 Å². The second kappa shape index (κ2) is 18.6. The average Bonchev–Trinajstić information content (AvgIpc) is 2.58. The zero-order chi connectivity index (χ0) is 17.9. The molecular weight excluding hydrogens is 328 g/mol. The molecule has 0 spiro atoms. The molecule has 0 aliphatic rings. The molecule has 0 bridgehead atoms. The molecule has 142 valence electrons. The molecule has 0 aromatic heterocycles. The summed E-state index contributed by atoms with van der Waals surface area (Å²) in [6, 6.07) is 0. The highest BCUT2D eigenvalue weighted by molar-refractivity contribution is 6.17. The van der Waals surface area contributed by atoms with Crippen LogP contribution >= 0.6 is 11.6 Å². The lowest BCUT2D eigenvalue weighted by Crippen LogP contribution is -2.08. The third-order valence-corrected chi connectivity index (χ3v) is 4.08. The van der Waals surface area contributed by atoms with Crippen LogP contribution in [0.3, 0.4) is 0 Å². The van der Waals surface area contributed by atoms with Gasteiger partial charge in [-0.15, -0.1) is 11.6 Å². The number of hydrogen-bond donors (Lipinski definition) is 0. The van der Waals surface area contributed by atoms with Gasteiger partial charge in [0.15, 0.2) is 0 Å². The Labute approximate surface area is 152 Å². The van der Waals surface area contributed by atoms with Crippen LogP contribution in [0.15, 0.2) is 0 Å². The average molecular weight is 363 g/mol. The standard InChI is InChI=1S/C19H35ClO4/c1-2-3-11-16-23-18(21)13-8-9-14-19(22)24-17-12-7-5-4-6-10-15-20/h2-17H2,1H3. The Morgan fingerprint density at radius 2 is 1.12 bits per heavy atom. The van der Waals surface area contributed by atoms with Crippen molar-refractivity contribution < 1.29 is 19.1 Å². The molecule has 0 aromatic rings. The molecule has 0 N–H and O–H groups in total. The first-order valence-corrected chi connectivity index (χ1v) is 10.1. The van der Waals surface area contributed by atoms with Crippen LogP contribution in [0, 0.1) is 0 Å². The smallest absolute Gasteiger partial charge is 0.305 e. The Morgan fingerprint density at radius 1 is 0.667 bits per heavy atom. The molecule has 0 amide bonds. The fourth-order valence-corrected chi connectivity index (χ4v) is 2.50. The predicted molar refractivity (Wildman–Crippen MR) is 98.3 cm³/mol. The Balaban J connectivity index is 3.30. The summed E-state index contributed by atoms with van der Waals surface area (Å²) in [6.45, 7) is 3.14. The van der Waals surface area contributed by atoms with Gasteiger partial charge in [0, 0.05) is 18.7 Å². The van der Waals surface area contributed by atoms with Crippen molar-refractivity contribution in [2.45, 2.75) is 90.4 Å². The van der Waals surface area contributed by atoms with Crippen molar-refractivity contribution >= 4 is 23.5 Å². The van der Waals surface area contributed by atoms with Gasteiger partial charge in [0.25, 0.3) is 0 Å². The Kier molecular flexibility index (Phi) is 18.0. The van der Waals surface area contributed by atoms with E-state index in [-0.39, 0.29) is 11.9 Å². The quantitative estimate of drug-likeness (QED) is 0.197. The van der Waals surface area contributed by atoms with Crippen molar-refractivity contribution in [3.05, 3.63) is 0 Å². The lowest BCUT2D eigenvalue weighted by Gasteiger charge is -2.06. The number of ether oxygens (including phenoxy) is 2. The molecule has 24 heavy (non-hydrogen) atoms. The molecule has 0 aromatic carbocycles. The molecule has 0 rings (SSSR count). The van der Waals surface area contributed by atoms with Gasteiger partial charge in [0.1, 0.15) is 0 Å². The van der Waals surface area contributed by atoms with E-state index in [0.717, 1.165) is 44.4 Å². The lowest BCUT2D eigenvalue weighted by molar-refractivity contribution is -0.146. The maximum absolute atomic E-state index is 11.6. The number of hydrogen-bond acceptors (Lipinski definition) is 4. The lowest BCUT2D eigenvalue weighted by atomic mass is 10.1. The number of rotatable bonds is 17. The number of alkyl halides is 1. The van der Waals surface area contributed by atoms with Gasteiger partial charge in [-0.05, 0) is 32.1 Å². The van der Waals surface area contributed by atoms with Crippen molar-refractivity contribution in [3.8, 4) is 0 Å². The molecule has 5 heteroatoms. The highest BCUT2D eigenvalue weighted by Crippen LogP contribution is 2.07.